The lowest BCUT2D eigenvalue weighted by Gasteiger charge is -2.27. The highest BCUT2D eigenvalue weighted by atomic mass is 32.1. The van der Waals surface area contributed by atoms with Crippen molar-refractivity contribution in [2.75, 3.05) is 18.5 Å². The SMILES string of the molecule is O=[N+]([O-])c1ccc(NC(=S)N(Cc2cccs2)C[C@H]2CCCO2)cc1. The van der Waals surface area contributed by atoms with Crippen molar-refractivity contribution in [3.63, 3.8) is 0 Å². The number of non-ortho nitro benzene ring substituents is 1. The Bertz CT molecular complexity index is 713. The molecule has 0 amide bonds. The van der Waals surface area contributed by atoms with Gasteiger partial charge >= 0.3 is 0 Å². The summed E-state index contributed by atoms with van der Waals surface area (Å²) in [6.07, 6.45) is 2.32. The van der Waals surface area contributed by atoms with Gasteiger partial charge in [-0.25, -0.2) is 0 Å². The number of ether oxygens (including phenoxy) is 1. The van der Waals surface area contributed by atoms with Crippen molar-refractivity contribution in [1.29, 1.82) is 0 Å². The molecule has 3 rings (SSSR count). The van der Waals surface area contributed by atoms with Gasteiger partial charge in [0.15, 0.2) is 5.11 Å². The summed E-state index contributed by atoms with van der Waals surface area (Å²) >= 11 is 7.27. The molecule has 1 fully saturated rings. The molecular formula is C17H19N3O3S2. The fourth-order valence-electron chi connectivity index (χ4n) is 2.71. The highest BCUT2D eigenvalue weighted by Crippen LogP contribution is 2.20. The van der Waals surface area contributed by atoms with Gasteiger partial charge in [0.25, 0.3) is 5.69 Å². The van der Waals surface area contributed by atoms with E-state index in [9.17, 15) is 10.1 Å². The molecule has 2 aromatic rings. The van der Waals surface area contributed by atoms with Crippen molar-refractivity contribution in [3.05, 3.63) is 56.8 Å². The van der Waals surface area contributed by atoms with Crippen molar-refractivity contribution < 1.29 is 9.66 Å². The predicted molar refractivity (Wildman–Crippen MR) is 103 cm³/mol. The lowest BCUT2D eigenvalue weighted by atomic mass is 10.2. The molecule has 2 heterocycles. The molecule has 0 spiro atoms. The zero-order valence-electron chi connectivity index (χ0n) is 13.6. The maximum Gasteiger partial charge on any atom is 0.269 e. The van der Waals surface area contributed by atoms with Crippen LogP contribution in [0.4, 0.5) is 11.4 Å². The van der Waals surface area contributed by atoms with E-state index in [0.29, 0.717) is 5.11 Å². The van der Waals surface area contributed by atoms with Crippen LogP contribution in [0.25, 0.3) is 0 Å². The maximum atomic E-state index is 10.8. The van der Waals surface area contributed by atoms with E-state index in [1.807, 2.05) is 11.4 Å². The summed E-state index contributed by atoms with van der Waals surface area (Å²) < 4.78 is 5.74. The normalized spacial score (nSPS) is 16.6. The molecule has 0 saturated carbocycles. The van der Waals surface area contributed by atoms with Gasteiger partial charge in [0, 0.05) is 35.8 Å². The molecule has 1 aromatic heterocycles. The van der Waals surface area contributed by atoms with E-state index in [1.165, 1.54) is 17.0 Å². The van der Waals surface area contributed by atoms with Crippen LogP contribution in [0.5, 0.6) is 0 Å². The number of anilines is 1. The minimum Gasteiger partial charge on any atom is -0.376 e. The summed E-state index contributed by atoms with van der Waals surface area (Å²) in [4.78, 5) is 13.7. The second-order valence-electron chi connectivity index (χ2n) is 5.83. The number of hydrogen-bond acceptors (Lipinski definition) is 5. The number of nitrogens with one attached hydrogen (secondary N) is 1. The molecule has 132 valence electrons. The highest BCUT2D eigenvalue weighted by Gasteiger charge is 2.21. The van der Waals surface area contributed by atoms with Gasteiger partial charge in [-0.15, -0.1) is 11.3 Å². The van der Waals surface area contributed by atoms with E-state index in [0.717, 1.165) is 38.2 Å². The second kappa shape index (κ2) is 8.37. The van der Waals surface area contributed by atoms with Crippen LogP contribution in [0.3, 0.4) is 0 Å². The fraction of sp³-hybridized carbons (Fsp3) is 0.353. The third-order valence-corrected chi connectivity index (χ3v) is 5.21. The quantitative estimate of drug-likeness (QED) is 0.466. The molecule has 0 aliphatic carbocycles. The van der Waals surface area contributed by atoms with Gasteiger partial charge in [-0.05, 0) is 48.6 Å². The first kappa shape index (κ1) is 17.8. The molecular weight excluding hydrogens is 358 g/mol. The van der Waals surface area contributed by atoms with E-state index in [2.05, 4.69) is 16.3 Å². The van der Waals surface area contributed by atoms with Crippen LogP contribution in [-0.4, -0.2) is 34.2 Å². The Morgan fingerprint density at radius 1 is 1.40 bits per heavy atom. The number of thiocarbonyl (C=S) groups is 1. The van der Waals surface area contributed by atoms with Gasteiger partial charge in [0.2, 0.25) is 0 Å². The van der Waals surface area contributed by atoms with Crippen LogP contribution in [-0.2, 0) is 11.3 Å². The average Bonchev–Trinajstić information content (AvgIpc) is 3.28. The third-order valence-electron chi connectivity index (χ3n) is 3.99. The Kier molecular flexibility index (Phi) is 5.95. The number of hydrogen-bond donors (Lipinski definition) is 1. The van der Waals surface area contributed by atoms with E-state index in [-0.39, 0.29) is 11.8 Å². The van der Waals surface area contributed by atoms with Gasteiger partial charge in [-0.1, -0.05) is 6.07 Å². The summed E-state index contributed by atoms with van der Waals surface area (Å²) in [5.41, 5.74) is 0.797. The van der Waals surface area contributed by atoms with Crippen LogP contribution < -0.4 is 5.32 Å². The molecule has 1 atom stereocenters. The molecule has 1 aliphatic rings. The minimum absolute atomic E-state index is 0.0614. The average molecular weight is 377 g/mol. The Morgan fingerprint density at radius 2 is 2.20 bits per heavy atom. The first-order valence-electron chi connectivity index (χ1n) is 8.06. The molecule has 0 bridgehead atoms. The summed E-state index contributed by atoms with van der Waals surface area (Å²) in [7, 11) is 0. The summed E-state index contributed by atoms with van der Waals surface area (Å²) in [6, 6.07) is 10.4. The lowest BCUT2D eigenvalue weighted by molar-refractivity contribution is -0.384. The fourth-order valence-corrected chi connectivity index (χ4v) is 3.69. The maximum absolute atomic E-state index is 10.8. The van der Waals surface area contributed by atoms with E-state index >= 15 is 0 Å². The topological polar surface area (TPSA) is 67.6 Å². The molecule has 6 nitrogen and oxygen atoms in total. The molecule has 1 N–H and O–H groups in total. The predicted octanol–water partition coefficient (Wildman–Crippen LogP) is 4.03. The summed E-state index contributed by atoms with van der Waals surface area (Å²) in [5, 5.41) is 16.6. The van der Waals surface area contributed by atoms with Crippen LogP contribution in [0.15, 0.2) is 41.8 Å². The number of nitrogens with zero attached hydrogens (tertiary/aromatic N) is 2. The van der Waals surface area contributed by atoms with Gasteiger partial charge in [0.1, 0.15) is 0 Å². The number of rotatable bonds is 6. The second-order valence-corrected chi connectivity index (χ2v) is 7.25. The molecule has 1 saturated heterocycles. The third kappa shape index (κ3) is 4.97. The smallest absolute Gasteiger partial charge is 0.269 e. The number of nitro groups is 1. The van der Waals surface area contributed by atoms with E-state index in [1.54, 1.807) is 23.5 Å². The molecule has 25 heavy (non-hydrogen) atoms. The molecule has 0 radical (unpaired) electrons. The van der Waals surface area contributed by atoms with Gasteiger partial charge in [-0.3, -0.25) is 10.1 Å². The minimum atomic E-state index is -0.414. The Balaban J connectivity index is 1.67. The number of thiophene rings is 1. The monoisotopic (exact) mass is 377 g/mol. The van der Waals surface area contributed by atoms with Crippen molar-refractivity contribution >= 4 is 40.0 Å². The van der Waals surface area contributed by atoms with E-state index < -0.39 is 4.92 Å². The van der Waals surface area contributed by atoms with Crippen molar-refractivity contribution in [2.45, 2.75) is 25.5 Å². The zero-order valence-corrected chi connectivity index (χ0v) is 15.2. The molecule has 1 aromatic carbocycles. The Hall–Kier alpha value is -2.03. The lowest BCUT2D eigenvalue weighted by Crippen LogP contribution is -2.39. The molecule has 0 unspecified atom stereocenters. The Labute approximate surface area is 155 Å². The first-order chi connectivity index (χ1) is 12.1. The van der Waals surface area contributed by atoms with Crippen LogP contribution in [0.2, 0.25) is 0 Å². The van der Waals surface area contributed by atoms with Crippen LogP contribution in [0, 0.1) is 10.1 Å². The number of nitro benzene ring substituents is 1. The van der Waals surface area contributed by atoms with Gasteiger partial charge < -0.3 is 15.0 Å². The number of benzene rings is 1. The van der Waals surface area contributed by atoms with Gasteiger partial charge in [0.05, 0.1) is 17.6 Å². The first-order valence-corrected chi connectivity index (χ1v) is 9.35. The standard InChI is InChI=1S/C17H19N3O3S2/c21-20(22)14-7-5-13(6-8-14)18-17(24)19(11-15-3-1-9-23-15)12-16-4-2-10-25-16/h2,4-8,10,15H,1,3,9,11-12H2,(H,18,24)/t15-/m1/s1. The van der Waals surface area contributed by atoms with E-state index in [4.69, 9.17) is 17.0 Å². The zero-order chi connectivity index (χ0) is 17.6. The summed E-state index contributed by atoms with van der Waals surface area (Å²) in [6.45, 7) is 2.26. The molecule has 8 heteroatoms. The Morgan fingerprint density at radius 3 is 2.80 bits per heavy atom. The summed E-state index contributed by atoms with van der Waals surface area (Å²) in [5.74, 6) is 0. The van der Waals surface area contributed by atoms with Crippen LogP contribution in [0.1, 0.15) is 17.7 Å². The largest absolute Gasteiger partial charge is 0.376 e. The van der Waals surface area contributed by atoms with Crippen molar-refractivity contribution in [2.24, 2.45) is 0 Å². The highest BCUT2D eigenvalue weighted by molar-refractivity contribution is 7.80. The van der Waals surface area contributed by atoms with Gasteiger partial charge in [-0.2, -0.15) is 0 Å². The molecule has 1 aliphatic heterocycles. The van der Waals surface area contributed by atoms with Crippen LogP contribution >= 0.6 is 23.6 Å². The van der Waals surface area contributed by atoms with Crippen molar-refractivity contribution in [1.82, 2.24) is 4.90 Å². The van der Waals surface area contributed by atoms with Crippen molar-refractivity contribution in [3.8, 4) is 0 Å².